The monoisotopic (exact) mass is 313 g/mol. The number of pyridine rings is 1. The molecule has 3 rings (SSSR count). The van der Waals surface area contributed by atoms with Gasteiger partial charge in [0, 0.05) is 23.4 Å². The normalized spacial score (nSPS) is 10.9. The second-order valence-corrected chi connectivity index (χ2v) is 6.29. The summed E-state index contributed by atoms with van der Waals surface area (Å²) in [5.41, 5.74) is 1.78. The van der Waals surface area contributed by atoms with Crippen molar-refractivity contribution in [1.82, 2.24) is 9.55 Å². The van der Waals surface area contributed by atoms with Crippen molar-refractivity contribution in [1.29, 1.82) is 0 Å². The minimum Gasteiger partial charge on any atom is -0.311 e. The van der Waals surface area contributed by atoms with Gasteiger partial charge in [0.15, 0.2) is 5.13 Å². The van der Waals surface area contributed by atoms with Crippen molar-refractivity contribution in [2.24, 2.45) is 7.05 Å². The summed E-state index contributed by atoms with van der Waals surface area (Å²) in [6, 6.07) is 8.72. The number of fused-ring (bicyclic) bond motifs is 1. The number of thiazole rings is 1. The molecule has 1 amide bonds. The zero-order valence-electron chi connectivity index (χ0n) is 12.5. The summed E-state index contributed by atoms with van der Waals surface area (Å²) in [5.74, 6) is -0.317. The summed E-state index contributed by atoms with van der Waals surface area (Å²) in [7, 11) is 1.69. The number of carbonyl (C=O) groups is 1. The van der Waals surface area contributed by atoms with Gasteiger partial charge in [0.2, 0.25) is 0 Å². The third-order valence-corrected chi connectivity index (χ3v) is 4.64. The van der Waals surface area contributed by atoms with Crippen LogP contribution in [0.1, 0.15) is 20.9 Å². The SMILES string of the molecule is Cc1nc(NC(=O)c2cc(=O)n(C)c3ccccc23)sc1C. The van der Waals surface area contributed by atoms with Crippen LogP contribution in [-0.4, -0.2) is 15.5 Å². The lowest BCUT2D eigenvalue weighted by Gasteiger charge is -2.09. The Hall–Kier alpha value is -2.47. The maximum atomic E-state index is 12.5. The lowest BCUT2D eigenvalue weighted by Crippen LogP contribution is -2.21. The Bertz CT molecular complexity index is 921. The highest BCUT2D eigenvalue weighted by Crippen LogP contribution is 2.23. The van der Waals surface area contributed by atoms with E-state index in [0.29, 0.717) is 10.7 Å². The van der Waals surface area contributed by atoms with Gasteiger partial charge in [0.25, 0.3) is 11.5 Å². The van der Waals surface area contributed by atoms with E-state index in [4.69, 9.17) is 0 Å². The molecule has 6 heteroatoms. The Kier molecular flexibility index (Phi) is 3.54. The van der Waals surface area contributed by atoms with E-state index in [1.54, 1.807) is 7.05 Å². The molecule has 1 aromatic carbocycles. The number of amides is 1. The van der Waals surface area contributed by atoms with Gasteiger partial charge in [-0.15, -0.1) is 11.3 Å². The van der Waals surface area contributed by atoms with Gasteiger partial charge in [0.05, 0.1) is 16.8 Å². The molecule has 0 saturated heterocycles. The molecule has 0 aliphatic rings. The number of nitrogens with zero attached hydrogens (tertiary/aromatic N) is 2. The molecule has 0 fully saturated rings. The van der Waals surface area contributed by atoms with Crippen molar-refractivity contribution in [2.75, 3.05) is 5.32 Å². The lowest BCUT2D eigenvalue weighted by atomic mass is 10.1. The summed E-state index contributed by atoms with van der Waals surface area (Å²) >= 11 is 1.42. The molecule has 0 radical (unpaired) electrons. The van der Waals surface area contributed by atoms with Gasteiger partial charge in [-0.1, -0.05) is 18.2 Å². The molecule has 22 heavy (non-hydrogen) atoms. The molecule has 2 heterocycles. The number of benzene rings is 1. The molecule has 0 unspecified atom stereocenters. The van der Waals surface area contributed by atoms with Crippen LogP contribution in [0.3, 0.4) is 0 Å². The first kappa shape index (κ1) is 14.5. The van der Waals surface area contributed by atoms with Crippen LogP contribution in [0.2, 0.25) is 0 Å². The first-order chi connectivity index (χ1) is 10.5. The predicted octanol–water partition coefficient (Wildman–Crippen LogP) is 2.86. The van der Waals surface area contributed by atoms with E-state index in [9.17, 15) is 9.59 Å². The Morgan fingerprint density at radius 1 is 1.27 bits per heavy atom. The third kappa shape index (κ3) is 2.42. The molecule has 0 bridgehead atoms. The van der Waals surface area contributed by atoms with Crippen molar-refractivity contribution < 1.29 is 4.79 Å². The van der Waals surface area contributed by atoms with Crippen molar-refractivity contribution in [3.63, 3.8) is 0 Å². The number of anilines is 1. The van der Waals surface area contributed by atoms with E-state index in [0.717, 1.165) is 21.5 Å². The van der Waals surface area contributed by atoms with E-state index in [1.165, 1.54) is 22.0 Å². The van der Waals surface area contributed by atoms with Gasteiger partial charge in [-0.3, -0.25) is 14.9 Å². The average Bonchev–Trinajstić information content (AvgIpc) is 2.81. The standard InChI is InChI=1S/C16H15N3O2S/c1-9-10(2)22-16(17-9)18-15(21)12-8-14(20)19(3)13-7-5-4-6-11(12)13/h4-8H,1-3H3,(H,17,18,21). The van der Waals surface area contributed by atoms with Gasteiger partial charge >= 0.3 is 0 Å². The minimum absolute atomic E-state index is 0.213. The third-order valence-electron chi connectivity index (χ3n) is 3.65. The first-order valence-electron chi connectivity index (χ1n) is 6.81. The maximum absolute atomic E-state index is 12.5. The number of rotatable bonds is 2. The number of para-hydroxylation sites is 1. The molecular weight excluding hydrogens is 298 g/mol. The van der Waals surface area contributed by atoms with Crippen LogP contribution in [-0.2, 0) is 7.05 Å². The highest BCUT2D eigenvalue weighted by Gasteiger charge is 2.15. The van der Waals surface area contributed by atoms with Crippen LogP contribution < -0.4 is 10.9 Å². The molecular formula is C16H15N3O2S. The molecule has 0 spiro atoms. The zero-order chi connectivity index (χ0) is 15.9. The molecule has 112 valence electrons. The summed E-state index contributed by atoms with van der Waals surface area (Å²) < 4.78 is 1.53. The summed E-state index contributed by atoms with van der Waals surface area (Å²) in [6.07, 6.45) is 0. The predicted molar refractivity (Wildman–Crippen MR) is 88.7 cm³/mol. The van der Waals surface area contributed by atoms with Crippen LogP contribution in [0.15, 0.2) is 35.1 Å². The highest BCUT2D eigenvalue weighted by atomic mass is 32.1. The number of hydrogen-bond donors (Lipinski definition) is 1. The maximum Gasteiger partial charge on any atom is 0.258 e. The summed E-state index contributed by atoms with van der Waals surface area (Å²) in [5, 5.41) is 4.07. The fraction of sp³-hybridized carbons (Fsp3) is 0.188. The fourth-order valence-corrected chi connectivity index (χ4v) is 3.10. The molecule has 0 saturated carbocycles. The molecule has 1 N–H and O–H groups in total. The number of nitrogens with one attached hydrogen (secondary N) is 1. The van der Waals surface area contributed by atoms with E-state index in [2.05, 4.69) is 10.3 Å². The Balaban J connectivity index is 2.08. The summed E-state index contributed by atoms with van der Waals surface area (Å²) in [4.78, 5) is 29.9. The quantitative estimate of drug-likeness (QED) is 0.791. The molecule has 3 aromatic rings. The Labute approximate surface area is 131 Å². The van der Waals surface area contributed by atoms with Crippen LogP contribution in [0.4, 0.5) is 5.13 Å². The van der Waals surface area contributed by atoms with Crippen molar-refractivity contribution in [3.05, 3.63) is 56.8 Å². The number of carbonyl (C=O) groups excluding carboxylic acids is 1. The number of aromatic nitrogens is 2. The molecule has 0 aliphatic heterocycles. The van der Waals surface area contributed by atoms with Gasteiger partial charge in [-0.25, -0.2) is 4.98 Å². The molecule has 5 nitrogen and oxygen atoms in total. The van der Waals surface area contributed by atoms with Crippen LogP contribution in [0.25, 0.3) is 10.9 Å². The smallest absolute Gasteiger partial charge is 0.258 e. The molecule has 0 atom stereocenters. The van der Waals surface area contributed by atoms with E-state index >= 15 is 0 Å². The van der Waals surface area contributed by atoms with Crippen LogP contribution >= 0.6 is 11.3 Å². The molecule has 0 aliphatic carbocycles. The minimum atomic E-state index is -0.317. The van der Waals surface area contributed by atoms with Gasteiger partial charge < -0.3 is 4.57 Å². The number of aryl methyl sites for hydroxylation is 3. The van der Waals surface area contributed by atoms with E-state index < -0.39 is 0 Å². The van der Waals surface area contributed by atoms with Crippen molar-refractivity contribution in [3.8, 4) is 0 Å². The van der Waals surface area contributed by atoms with Gasteiger partial charge in [-0.2, -0.15) is 0 Å². The fourth-order valence-electron chi connectivity index (χ4n) is 2.29. The van der Waals surface area contributed by atoms with E-state index in [-0.39, 0.29) is 11.5 Å². The average molecular weight is 313 g/mol. The van der Waals surface area contributed by atoms with Crippen LogP contribution in [0, 0.1) is 13.8 Å². The first-order valence-corrected chi connectivity index (χ1v) is 7.63. The lowest BCUT2D eigenvalue weighted by molar-refractivity contribution is 0.102. The van der Waals surface area contributed by atoms with E-state index in [1.807, 2.05) is 38.1 Å². The number of hydrogen-bond acceptors (Lipinski definition) is 4. The second-order valence-electron chi connectivity index (χ2n) is 5.09. The largest absolute Gasteiger partial charge is 0.311 e. The highest BCUT2D eigenvalue weighted by molar-refractivity contribution is 7.15. The Morgan fingerprint density at radius 3 is 2.68 bits per heavy atom. The van der Waals surface area contributed by atoms with Gasteiger partial charge in [-0.05, 0) is 19.9 Å². The Morgan fingerprint density at radius 2 is 2.00 bits per heavy atom. The van der Waals surface area contributed by atoms with Gasteiger partial charge in [0.1, 0.15) is 0 Å². The van der Waals surface area contributed by atoms with Crippen molar-refractivity contribution >= 4 is 33.3 Å². The second kappa shape index (κ2) is 5.38. The molecule has 2 aromatic heterocycles. The zero-order valence-corrected chi connectivity index (χ0v) is 13.3. The van der Waals surface area contributed by atoms with Crippen molar-refractivity contribution in [2.45, 2.75) is 13.8 Å². The topological polar surface area (TPSA) is 64.0 Å². The summed E-state index contributed by atoms with van der Waals surface area (Å²) in [6.45, 7) is 3.85. The van der Waals surface area contributed by atoms with Crippen LogP contribution in [0.5, 0.6) is 0 Å².